The monoisotopic (exact) mass is 262 g/mol. The molecule has 5 heteroatoms. The molecule has 0 spiro atoms. The molecule has 1 N–H and O–H groups in total. The van der Waals surface area contributed by atoms with Crippen LogP contribution in [0, 0.1) is 0 Å². The van der Waals surface area contributed by atoms with E-state index >= 15 is 0 Å². The number of nitrogens with zero attached hydrogens (tertiary/aromatic N) is 1. The molecule has 0 aliphatic heterocycles. The summed E-state index contributed by atoms with van der Waals surface area (Å²) in [7, 11) is 1.37. The van der Waals surface area contributed by atoms with Crippen LogP contribution in [0.5, 0.6) is 0 Å². The van der Waals surface area contributed by atoms with E-state index in [2.05, 4.69) is 22.8 Å². The van der Waals surface area contributed by atoms with Crippen molar-refractivity contribution >= 4 is 35.6 Å². The number of carbonyl (C=O) groups excluding carboxylic acids is 1. The Bertz CT molecular complexity index is 590. The Balaban J connectivity index is 2.47. The van der Waals surface area contributed by atoms with Crippen LogP contribution in [0.4, 0.5) is 0 Å². The third-order valence-corrected chi connectivity index (χ3v) is 2.85. The van der Waals surface area contributed by atoms with Gasteiger partial charge in [0.15, 0.2) is 0 Å². The lowest BCUT2D eigenvalue weighted by atomic mass is 10.1. The fraction of sp³-hybridized carbons (Fsp3) is 0.231. The van der Waals surface area contributed by atoms with Gasteiger partial charge in [0.2, 0.25) is 0 Å². The number of benzene rings is 1. The molecule has 18 heavy (non-hydrogen) atoms. The molecule has 0 bridgehead atoms. The summed E-state index contributed by atoms with van der Waals surface area (Å²) in [5.74, 6) is 0.443. The molecule has 0 amide bonds. The first-order valence-corrected chi connectivity index (χ1v) is 6.22. The van der Waals surface area contributed by atoms with Gasteiger partial charge >= 0.3 is 5.97 Å². The molecule has 1 aromatic heterocycles. The summed E-state index contributed by atoms with van der Waals surface area (Å²) < 4.78 is 4.78. The van der Waals surface area contributed by atoms with Crippen LogP contribution in [0.2, 0.25) is 0 Å². The number of H-pyrrole nitrogens is 1. The van der Waals surface area contributed by atoms with Crippen LogP contribution in [-0.4, -0.2) is 29.0 Å². The molecule has 1 aromatic carbocycles. The molecule has 94 valence electrons. The van der Waals surface area contributed by atoms with Crippen molar-refractivity contribution in [3.63, 3.8) is 0 Å². The third-order valence-electron chi connectivity index (χ3n) is 2.59. The van der Waals surface area contributed by atoms with E-state index in [9.17, 15) is 4.79 Å². The second kappa shape index (κ2) is 5.73. The first-order chi connectivity index (χ1) is 8.76. The Labute approximate surface area is 110 Å². The maximum atomic E-state index is 11.7. The molecule has 0 aliphatic carbocycles. The van der Waals surface area contributed by atoms with Gasteiger partial charge in [-0.05, 0) is 29.9 Å². The molecule has 1 heterocycles. The van der Waals surface area contributed by atoms with E-state index in [1.54, 1.807) is 12.3 Å². The summed E-state index contributed by atoms with van der Waals surface area (Å²) in [6, 6.07) is 3.75. The topological polar surface area (TPSA) is 55.0 Å². The highest BCUT2D eigenvalue weighted by Gasteiger charge is 2.12. The molecule has 0 atom stereocenters. The molecular weight excluding hydrogens is 248 g/mol. The van der Waals surface area contributed by atoms with Gasteiger partial charge in [-0.3, -0.25) is 5.10 Å². The van der Waals surface area contributed by atoms with Crippen LogP contribution < -0.4 is 0 Å². The van der Waals surface area contributed by atoms with Crippen molar-refractivity contribution in [3.05, 3.63) is 35.5 Å². The molecule has 4 nitrogen and oxygen atoms in total. The van der Waals surface area contributed by atoms with Gasteiger partial charge in [0.1, 0.15) is 0 Å². The lowest BCUT2D eigenvalue weighted by Gasteiger charge is -2.03. The second-order valence-electron chi connectivity index (χ2n) is 3.81. The van der Waals surface area contributed by atoms with Gasteiger partial charge in [-0.25, -0.2) is 4.79 Å². The SMILES string of the molecule is COC(=O)c1cc(C=CCCS)cc2[nH]ncc12. The van der Waals surface area contributed by atoms with Crippen molar-refractivity contribution in [2.75, 3.05) is 12.9 Å². The molecule has 0 unspecified atom stereocenters. The zero-order valence-corrected chi connectivity index (χ0v) is 10.9. The van der Waals surface area contributed by atoms with Crippen molar-refractivity contribution in [1.82, 2.24) is 10.2 Å². The maximum absolute atomic E-state index is 11.7. The molecule has 2 rings (SSSR count). The average molecular weight is 262 g/mol. The highest BCUT2D eigenvalue weighted by molar-refractivity contribution is 7.80. The Morgan fingerprint density at radius 2 is 2.39 bits per heavy atom. The average Bonchev–Trinajstić information content (AvgIpc) is 2.85. The number of rotatable bonds is 4. The summed E-state index contributed by atoms with van der Waals surface area (Å²) in [5.41, 5.74) is 2.28. The highest BCUT2D eigenvalue weighted by Crippen LogP contribution is 2.21. The smallest absolute Gasteiger partial charge is 0.338 e. The van der Waals surface area contributed by atoms with E-state index in [0.29, 0.717) is 5.56 Å². The number of esters is 1. The van der Waals surface area contributed by atoms with Crippen LogP contribution >= 0.6 is 12.6 Å². The van der Waals surface area contributed by atoms with Crippen molar-refractivity contribution in [1.29, 1.82) is 0 Å². The predicted octanol–water partition coefficient (Wildman–Crippen LogP) is 2.68. The number of carbonyl (C=O) groups is 1. The van der Waals surface area contributed by atoms with Crippen molar-refractivity contribution < 1.29 is 9.53 Å². The normalized spacial score (nSPS) is 11.2. The number of aromatic amines is 1. The number of aromatic nitrogens is 2. The summed E-state index contributed by atoms with van der Waals surface area (Å²) >= 11 is 4.14. The minimum atomic E-state index is -0.356. The van der Waals surface area contributed by atoms with Crippen LogP contribution in [-0.2, 0) is 4.74 Å². The van der Waals surface area contributed by atoms with E-state index in [1.165, 1.54) is 7.11 Å². The Morgan fingerprint density at radius 1 is 1.56 bits per heavy atom. The molecule has 2 aromatic rings. The quantitative estimate of drug-likeness (QED) is 0.658. The maximum Gasteiger partial charge on any atom is 0.338 e. The van der Waals surface area contributed by atoms with Crippen molar-refractivity contribution in [2.45, 2.75) is 6.42 Å². The van der Waals surface area contributed by atoms with E-state index < -0.39 is 0 Å². The number of ether oxygens (including phenoxy) is 1. The standard InChI is InChI=1S/C13H14N2O2S/c1-17-13(16)10-6-9(4-2-3-5-18)7-12-11(10)8-14-15-12/h2,4,6-8,18H,3,5H2,1H3,(H,14,15). The van der Waals surface area contributed by atoms with Crippen molar-refractivity contribution in [2.24, 2.45) is 0 Å². The number of fused-ring (bicyclic) bond motifs is 1. The Kier molecular flexibility index (Phi) is 4.04. The number of methoxy groups -OCH3 is 1. The zero-order valence-electron chi connectivity index (χ0n) is 10.0. The van der Waals surface area contributed by atoms with Crippen LogP contribution in [0.3, 0.4) is 0 Å². The minimum Gasteiger partial charge on any atom is -0.465 e. The van der Waals surface area contributed by atoms with Crippen molar-refractivity contribution in [3.8, 4) is 0 Å². The van der Waals surface area contributed by atoms with E-state index in [4.69, 9.17) is 4.74 Å². The van der Waals surface area contributed by atoms with Gasteiger partial charge in [0.25, 0.3) is 0 Å². The molecule has 0 radical (unpaired) electrons. The fourth-order valence-corrected chi connectivity index (χ4v) is 1.89. The largest absolute Gasteiger partial charge is 0.465 e. The number of nitrogens with one attached hydrogen (secondary N) is 1. The van der Waals surface area contributed by atoms with Gasteiger partial charge in [-0.1, -0.05) is 12.2 Å². The lowest BCUT2D eigenvalue weighted by molar-refractivity contribution is 0.0603. The predicted molar refractivity (Wildman–Crippen MR) is 74.9 cm³/mol. The van der Waals surface area contributed by atoms with Gasteiger partial charge in [-0.15, -0.1) is 0 Å². The van der Waals surface area contributed by atoms with Gasteiger partial charge < -0.3 is 4.74 Å². The summed E-state index contributed by atoms with van der Waals surface area (Å²) in [6.45, 7) is 0. The van der Waals surface area contributed by atoms with E-state index in [1.807, 2.05) is 18.2 Å². The van der Waals surface area contributed by atoms with Crippen LogP contribution in [0.25, 0.3) is 17.0 Å². The van der Waals surface area contributed by atoms with Gasteiger partial charge in [-0.2, -0.15) is 17.7 Å². The molecule has 0 aliphatic rings. The number of hydrogen-bond acceptors (Lipinski definition) is 4. The van der Waals surface area contributed by atoms with Crippen LogP contribution in [0.1, 0.15) is 22.3 Å². The second-order valence-corrected chi connectivity index (χ2v) is 4.25. The molecule has 0 saturated heterocycles. The molecular formula is C13H14N2O2S. The fourth-order valence-electron chi connectivity index (χ4n) is 1.74. The van der Waals surface area contributed by atoms with Crippen LogP contribution in [0.15, 0.2) is 24.4 Å². The molecule has 0 saturated carbocycles. The Morgan fingerprint density at radius 3 is 3.11 bits per heavy atom. The lowest BCUT2D eigenvalue weighted by Crippen LogP contribution is -2.02. The summed E-state index contributed by atoms with van der Waals surface area (Å²) in [6.07, 6.45) is 6.50. The number of allylic oxidation sites excluding steroid dienone is 1. The summed E-state index contributed by atoms with van der Waals surface area (Å²) in [4.78, 5) is 11.7. The number of thiol groups is 1. The first kappa shape index (κ1) is 12.7. The number of hydrogen-bond donors (Lipinski definition) is 2. The van der Waals surface area contributed by atoms with Gasteiger partial charge in [0.05, 0.1) is 24.4 Å². The van der Waals surface area contributed by atoms with Gasteiger partial charge in [0, 0.05) is 5.39 Å². The zero-order chi connectivity index (χ0) is 13.0. The van der Waals surface area contributed by atoms with E-state index in [0.717, 1.165) is 28.6 Å². The highest BCUT2D eigenvalue weighted by atomic mass is 32.1. The first-order valence-electron chi connectivity index (χ1n) is 5.59. The van der Waals surface area contributed by atoms with E-state index in [-0.39, 0.29) is 5.97 Å². The summed E-state index contributed by atoms with van der Waals surface area (Å²) in [5, 5.41) is 7.58. The molecule has 0 fully saturated rings. The minimum absolute atomic E-state index is 0.356. The Hall–Kier alpha value is -1.75. The third kappa shape index (κ3) is 2.56.